The summed E-state index contributed by atoms with van der Waals surface area (Å²) < 4.78 is 6.34. The van der Waals surface area contributed by atoms with Crippen molar-refractivity contribution in [2.24, 2.45) is 0 Å². The number of aromatic nitrogens is 3. The van der Waals surface area contributed by atoms with E-state index in [4.69, 9.17) is 19.4 Å². The molecule has 0 fully saturated rings. The summed E-state index contributed by atoms with van der Waals surface area (Å²) in [6.45, 7) is 0. The Morgan fingerprint density at radius 3 is 1.29 bits per heavy atom. The maximum atomic E-state index is 6.34. The molecular weight excluding hydrogens is 671 g/mol. The largest absolute Gasteiger partial charge is 0.455 e. The minimum Gasteiger partial charge on any atom is -0.455 e. The van der Waals surface area contributed by atoms with Gasteiger partial charge in [0.15, 0.2) is 17.5 Å². The van der Waals surface area contributed by atoms with E-state index < -0.39 is 0 Å². The first-order valence-corrected chi connectivity index (χ1v) is 18.4. The van der Waals surface area contributed by atoms with Gasteiger partial charge in [0.25, 0.3) is 0 Å². The molecule has 10 aromatic rings. The van der Waals surface area contributed by atoms with Crippen molar-refractivity contribution in [3.05, 3.63) is 200 Å². The molecule has 0 unspecified atom stereocenters. The molecule has 10 rings (SSSR count). The van der Waals surface area contributed by atoms with Gasteiger partial charge in [-0.1, -0.05) is 176 Å². The number of hydrogen-bond donors (Lipinski definition) is 0. The summed E-state index contributed by atoms with van der Waals surface area (Å²) in [6.07, 6.45) is 0. The second-order valence-corrected chi connectivity index (χ2v) is 13.6. The molecule has 0 radical (unpaired) electrons. The quantitative estimate of drug-likeness (QED) is 0.166. The fraction of sp³-hybridized carbons (Fsp3) is 0. The van der Waals surface area contributed by atoms with Crippen molar-refractivity contribution in [1.29, 1.82) is 0 Å². The highest BCUT2D eigenvalue weighted by Crippen LogP contribution is 2.37. The number of benzene rings is 8. The van der Waals surface area contributed by atoms with Crippen LogP contribution >= 0.6 is 0 Å². The van der Waals surface area contributed by atoms with E-state index in [1.807, 2.05) is 54.6 Å². The smallest absolute Gasteiger partial charge is 0.164 e. The number of furan rings is 1. The van der Waals surface area contributed by atoms with Crippen LogP contribution in [0.1, 0.15) is 0 Å². The van der Waals surface area contributed by atoms with Gasteiger partial charge in [-0.25, -0.2) is 15.0 Å². The number of fused-ring (bicyclic) bond motifs is 3. The maximum absolute atomic E-state index is 6.34. The molecule has 0 aliphatic heterocycles. The summed E-state index contributed by atoms with van der Waals surface area (Å²) in [7, 11) is 0. The molecule has 0 saturated carbocycles. The van der Waals surface area contributed by atoms with Gasteiger partial charge >= 0.3 is 0 Å². The van der Waals surface area contributed by atoms with E-state index in [0.29, 0.717) is 17.5 Å². The predicted molar refractivity (Wildman–Crippen MR) is 225 cm³/mol. The second kappa shape index (κ2) is 13.8. The molecule has 0 amide bonds. The van der Waals surface area contributed by atoms with E-state index in [-0.39, 0.29) is 0 Å². The monoisotopic (exact) mass is 703 g/mol. The molecule has 0 aliphatic rings. The van der Waals surface area contributed by atoms with Crippen molar-refractivity contribution < 1.29 is 4.42 Å². The third-order valence-corrected chi connectivity index (χ3v) is 10.1. The minimum atomic E-state index is 0.614. The first-order chi connectivity index (χ1) is 27.2. The highest BCUT2D eigenvalue weighted by Gasteiger charge is 2.15. The fourth-order valence-corrected chi connectivity index (χ4v) is 7.35. The van der Waals surface area contributed by atoms with Crippen LogP contribution in [0.2, 0.25) is 0 Å². The first kappa shape index (κ1) is 32.2. The Hall–Kier alpha value is -7.43. The molecule has 0 saturated heterocycles. The average Bonchev–Trinajstić information content (AvgIpc) is 3.66. The van der Waals surface area contributed by atoms with E-state index in [1.54, 1.807) is 0 Å². The van der Waals surface area contributed by atoms with Crippen molar-refractivity contribution >= 4 is 21.9 Å². The van der Waals surface area contributed by atoms with Gasteiger partial charge in [-0.2, -0.15) is 0 Å². The van der Waals surface area contributed by atoms with Crippen LogP contribution < -0.4 is 0 Å². The van der Waals surface area contributed by atoms with E-state index in [0.717, 1.165) is 66.4 Å². The van der Waals surface area contributed by atoms with E-state index in [9.17, 15) is 0 Å². The van der Waals surface area contributed by atoms with Gasteiger partial charge in [0.1, 0.15) is 11.2 Å². The molecular formula is C51H33N3O. The molecule has 258 valence electrons. The SMILES string of the molecule is c1ccc(-c2cccc(-c3cccc(-c4cccc(-c5nc(-c6ccccc6)nc(-c6ccc(-c7cccc8c7oc7ccccc78)cc6)n5)c4)c3)c2)cc1. The van der Waals surface area contributed by atoms with Crippen molar-refractivity contribution in [2.75, 3.05) is 0 Å². The Morgan fingerprint density at radius 2 is 0.673 bits per heavy atom. The molecule has 0 bridgehead atoms. The Morgan fingerprint density at radius 1 is 0.273 bits per heavy atom. The lowest BCUT2D eigenvalue weighted by Gasteiger charge is -2.11. The zero-order chi connectivity index (χ0) is 36.6. The van der Waals surface area contributed by atoms with Crippen LogP contribution in [-0.2, 0) is 0 Å². The molecule has 0 aliphatic carbocycles. The minimum absolute atomic E-state index is 0.614. The molecule has 55 heavy (non-hydrogen) atoms. The Labute approximate surface area is 319 Å². The summed E-state index contributed by atoms with van der Waals surface area (Å²) in [5.74, 6) is 1.86. The van der Waals surface area contributed by atoms with Gasteiger partial charge in [-0.15, -0.1) is 0 Å². The molecule has 0 spiro atoms. The predicted octanol–water partition coefficient (Wildman–Crippen LogP) is 13.4. The van der Waals surface area contributed by atoms with Crippen molar-refractivity contribution in [1.82, 2.24) is 15.0 Å². The Balaban J connectivity index is 1.01. The lowest BCUT2D eigenvalue weighted by atomic mass is 9.95. The van der Waals surface area contributed by atoms with Gasteiger partial charge in [0.05, 0.1) is 0 Å². The first-order valence-electron chi connectivity index (χ1n) is 18.4. The zero-order valence-corrected chi connectivity index (χ0v) is 29.8. The summed E-state index contributed by atoms with van der Waals surface area (Å²) >= 11 is 0. The second-order valence-electron chi connectivity index (χ2n) is 13.6. The summed E-state index contributed by atoms with van der Waals surface area (Å²) in [4.78, 5) is 15.1. The number of para-hydroxylation sites is 2. The van der Waals surface area contributed by atoms with E-state index >= 15 is 0 Å². The Bertz CT molecular complexity index is 2970. The topological polar surface area (TPSA) is 51.8 Å². The van der Waals surface area contributed by atoms with Gasteiger partial charge in [0, 0.05) is 33.0 Å². The van der Waals surface area contributed by atoms with Crippen LogP contribution in [0.25, 0.3) is 101 Å². The van der Waals surface area contributed by atoms with Crippen LogP contribution in [0.4, 0.5) is 0 Å². The molecule has 2 aromatic heterocycles. The number of rotatable bonds is 7. The third kappa shape index (κ3) is 6.26. The standard InChI is InChI=1S/C51H33N3O/c1-3-13-34(14-4-1)38-17-9-18-39(31-38)40-19-10-20-41(32-40)42-21-11-22-43(33-42)51-53-49(36-15-5-2-6-16-36)52-50(54-51)37-29-27-35(28-30-37)44-24-12-25-46-45-23-7-8-26-47(45)55-48(44)46/h1-33H. The highest BCUT2D eigenvalue weighted by atomic mass is 16.3. The molecule has 8 aromatic carbocycles. The lowest BCUT2D eigenvalue weighted by Crippen LogP contribution is -2.00. The molecule has 4 nitrogen and oxygen atoms in total. The summed E-state index contributed by atoms with van der Waals surface area (Å²) in [5.41, 5.74) is 13.6. The molecule has 0 N–H and O–H groups in total. The lowest BCUT2D eigenvalue weighted by molar-refractivity contribution is 0.670. The highest BCUT2D eigenvalue weighted by molar-refractivity contribution is 6.09. The fourth-order valence-electron chi connectivity index (χ4n) is 7.35. The van der Waals surface area contributed by atoms with Crippen molar-refractivity contribution in [3.8, 4) is 78.7 Å². The van der Waals surface area contributed by atoms with E-state index in [1.165, 1.54) is 16.7 Å². The molecule has 0 atom stereocenters. The van der Waals surface area contributed by atoms with Crippen LogP contribution in [0.5, 0.6) is 0 Å². The maximum Gasteiger partial charge on any atom is 0.164 e. The van der Waals surface area contributed by atoms with Crippen LogP contribution in [-0.4, -0.2) is 15.0 Å². The van der Waals surface area contributed by atoms with Gasteiger partial charge in [-0.3, -0.25) is 0 Å². The third-order valence-electron chi connectivity index (χ3n) is 10.1. The average molecular weight is 704 g/mol. The van der Waals surface area contributed by atoms with Gasteiger partial charge < -0.3 is 4.42 Å². The van der Waals surface area contributed by atoms with Crippen LogP contribution in [0.15, 0.2) is 205 Å². The summed E-state index contributed by atoms with van der Waals surface area (Å²) in [6, 6.07) is 69.4. The van der Waals surface area contributed by atoms with E-state index in [2.05, 4.69) is 146 Å². The zero-order valence-electron chi connectivity index (χ0n) is 29.8. The van der Waals surface area contributed by atoms with Crippen LogP contribution in [0, 0.1) is 0 Å². The number of hydrogen-bond acceptors (Lipinski definition) is 4. The van der Waals surface area contributed by atoms with Gasteiger partial charge in [0.2, 0.25) is 0 Å². The summed E-state index contributed by atoms with van der Waals surface area (Å²) in [5, 5.41) is 2.23. The normalized spacial score (nSPS) is 11.3. The van der Waals surface area contributed by atoms with Gasteiger partial charge in [-0.05, 0) is 63.2 Å². The Kier molecular flexibility index (Phi) is 8.12. The number of nitrogens with zero attached hydrogens (tertiary/aromatic N) is 3. The molecule has 2 heterocycles. The van der Waals surface area contributed by atoms with Crippen molar-refractivity contribution in [2.45, 2.75) is 0 Å². The van der Waals surface area contributed by atoms with Crippen molar-refractivity contribution in [3.63, 3.8) is 0 Å². The molecule has 4 heteroatoms. The van der Waals surface area contributed by atoms with Crippen LogP contribution in [0.3, 0.4) is 0 Å².